The van der Waals surface area contributed by atoms with Gasteiger partial charge in [0.15, 0.2) is 5.69 Å². The Hall–Kier alpha value is -2.97. The first kappa shape index (κ1) is 18.4. The molecule has 0 aliphatic rings. The van der Waals surface area contributed by atoms with E-state index in [1.54, 1.807) is 12.1 Å². The quantitative estimate of drug-likeness (QED) is 0.591. The number of aliphatic hydroxyl groups is 2. The standard InChI is InChI=1S/C17H18N2O6/c20-13(15(21)12-7-4-8-18-14(12)16(22)23)9-19-17(24)25-10-11-5-2-1-3-6-11/h1-8,13,15,20-21H,9-10H2,(H,19,24)(H,22,23). The summed E-state index contributed by atoms with van der Waals surface area (Å²) in [6, 6.07) is 11.8. The minimum atomic E-state index is -1.52. The average Bonchev–Trinajstić information content (AvgIpc) is 2.64. The van der Waals surface area contributed by atoms with Crippen LogP contribution < -0.4 is 5.32 Å². The summed E-state index contributed by atoms with van der Waals surface area (Å²) in [4.78, 5) is 26.4. The maximum Gasteiger partial charge on any atom is 0.407 e. The van der Waals surface area contributed by atoms with Gasteiger partial charge in [-0.05, 0) is 11.6 Å². The van der Waals surface area contributed by atoms with Crippen LogP contribution in [0.4, 0.5) is 4.79 Å². The number of aromatic carboxylic acids is 1. The van der Waals surface area contributed by atoms with Crippen molar-refractivity contribution in [3.8, 4) is 0 Å². The SMILES string of the molecule is O=C(NCC(O)C(O)c1cccnc1C(=O)O)OCc1ccccc1. The fraction of sp³-hybridized carbons (Fsp3) is 0.235. The molecule has 2 unspecified atom stereocenters. The molecule has 0 fully saturated rings. The van der Waals surface area contributed by atoms with Crippen molar-refractivity contribution in [1.82, 2.24) is 10.3 Å². The fourth-order valence-corrected chi connectivity index (χ4v) is 2.12. The number of aliphatic hydroxyl groups excluding tert-OH is 2. The second kappa shape index (κ2) is 8.76. The highest BCUT2D eigenvalue weighted by Crippen LogP contribution is 2.19. The third-order valence-corrected chi connectivity index (χ3v) is 3.39. The van der Waals surface area contributed by atoms with Crippen molar-refractivity contribution in [3.63, 3.8) is 0 Å². The molecule has 1 amide bonds. The molecule has 0 radical (unpaired) electrons. The van der Waals surface area contributed by atoms with Gasteiger partial charge in [0.1, 0.15) is 18.8 Å². The molecule has 1 aromatic heterocycles. The Morgan fingerprint density at radius 1 is 1.12 bits per heavy atom. The molecule has 1 heterocycles. The molecule has 4 N–H and O–H groups in total. The molecule has 0 aliphatic heterocycles. The number of ether oxygens (including phenoxy) is 1. The van der Waals surface area contributed by atoms with Crippen molar-refractivity contribution < 1.29 is 29.6 Å². The van der Waals surface area contributed by atoms with Crippen LogP contribution in [0.3, 0.4) is 0 Å². The van der Waals surface area contributed by atoms with Gasteiger partial charge in [-0.3, -0.25) is 0 Å². The Morgan fingerprint density at radius 2 is 1.84 bits per heavy atom. The van der Waals surface area contributed by atoms with Crippen molar-refractivity contribution in [2.45, 2.75) is 18.8 Å². The number of carboxylic acid groups (broad SMARTS) is 1. The van der Waals surface area contributed by atoms with E-state index in [2.05, 4.69) is 10.3 Å². The van der Waals surface area contributed by atoms with Crippen molar-refractivity contribution in [2.75, 3.05) is 6.54 Å². The van der Waals surface area contributed by atoms with Crippen LogP contribution in [0, 0.1) is 0 Å². The first-order valence-corrected chi connectivity index (χ1v) is 7.48. The number of pyridine rings is 1. The van der Waals surface area contributed by atoms with Crippen LogP contribution >= 0.6 is 0 Å². The predicted octanol–water partition coefficient (Wildman–Crippen LogP) is 1.10. The fourth-order valence-electron chi connectivity index (χ4n) is 2.12. The average molecular weight is 346 g/mol. The van der Waals surface area contributed by atoms with Gasteiger partial charge < -0.3 is 25.4 Å². The van der Waals surface area contributed by atoms with E-state index < -0.39 is 24.3 Å². The number of carboxylic acids is 1. The number of nitrogens with zero attached hydrogens (tertiary/aromatic N) is 1. The van der Waals surface area contributed by atoms with E-state index in [1.165, 1.54) is 18.3 Å². The third kappa shape index (κ3) is 5.27. The lowest BCUT2D eigenvalue weighted by Gasteiger charge is -2.19. The molecular weight excluding hydrogens is 328 g/mol. The molecule has 2 atom stereocenters. The Morgan fingerprint density at radius 3 is 2.52 bits per heavy atom. The second-order valence-corrected chi connectivity index (χ2v) is 5.20. The summed E-state index contributed by atoms with van der Waals surface area (Å²) >= 11 is 0. The molecule has 8 heteroatoms. The summed E-state index contributed by atoms with van der Waals surface area (Å²) in [7, 11) is 0. The number of hydrogen-bond acceptors (Lipinski definition) is 6. The van der Waals surface area contributed by atoms with Gasteiger partial charge in [0.05, 0.1) is 0 Å². The summed E-state index contributed by atoms with van der Waals surface area (Å²) in [5, 5.41) is 31.4. The normalized spacial score (nSPS) is 12.9. The Balaban J connectivity index is 1.86. The number of rotatable bonds is 7. The highest BCUT2D eigenvalue weighted by molar-refractivity contribution is 5.87. The number of benzene rings is 1. The summed E-state index contributed by atoms with van der Waals surface area (Å²) in [6.07, 6.45) is -2.44. The number of amides is 1. The van der Waals surface area contributed by atoms with Crippen LogP contribution in [-0.2, 0) is 11.3 Å². The van der Waals surface area contributed by atoms with Crippen LogP contribution in [0.15, 0.2) is 48.7 Å². The zero-order valence-corrected chi connectivity index (χ0v) is 13.2. The molecule has 0 spiro atoms. The molecule has 8 nitrogen and oxygen atoms in total. The monoisotopic (exact) mass is 346 g/mol. The summed E-state index contributed by atoms with van der Waals surface area (Å²) in [5.74, 6) is -1.32. The number of carbonyl (C=O) groups is 2. The van der Waals surface area contributed by atoms with E-state index in [0.717, 1.165) is 5.56 Å². The van der Waals surface area contributed by atoms with Gasteiger partial charge in [-0.2, -0.15) is 0 Å². The Labute approximate surface area is 143 Å². The van der Waals surface area contributed by atoms with Gasteiger partial charge in [-0.15, -0.1) is 0 Å². The first-order chi connectivity index (χ1) is 12.0. The molecule has 0 saturated carbocycles. The lowest BCUT2D eigenvalue weighted by atomic mass is 10.0. The van der Waals surface area contributed by atoms with Crippen molar-refractivity contribution in [2.24, 2.45) is 0 Å². The van der Waals surface area contributed by atoms with Gasteiger partial charge in [0.25, 0.3) is 0 Å². The van der Waals surface area contributed by atoms with E-state index in [-0.39, 0.29) is 24.4 Å². The highest BCUT2D eigenvalue weighted by Gasteiger charge is 2.24. The molecule has 0 saturated heterocycles. The van der Waals surface area contributed by atoms with Crippen LogP contribution in [-0.4, -0.2) is 45.0 Å². The largest absolute Gasteiger partial charge is 0.477 e. The predicted molar refractivity (Wildman–Crippen MR) is 86.8 cm³/mol. The van der Waals surface area contributed by atoms with Crippen LogP contribution in [0.5, 0.6) is 0 Å². The highest BCUT2D eigenvalue weighted by atomic mass is 16.5. The summed E-state index contributed by atoms with van der Waals surface area (Å²) < 4.78 is 4.98. The van der Waals surface area contributed by atoms with Crippen LogP contribution in [0.2, 0.25) is 0 Å². The van der Waals surface area contributed by atoms with Crippen molar-refractivity contribution in [1.29, 1.82) is 0 Å². The minimum Gasteiger partial charge on any atom is -0.477 e. The molecule has 1 aromatic carbocycles. The van der Waals surface area contributed by atoms with Crippen LogP contribution in [0.25, 0.3) is 0 Å². The Bertz CT molecular complexity index is 722. The second-order valence-electron chi connectivity index (χ2n) is 5.20. The lowest BCUT2D eigenvalue weighted by Crippen LogP contribution is -2.36. The van der Waals surface area contributed by atoms with Gasteiger partial charge in [-0.1, -0.05) is 36.4 Å². The molecule has 132 valence electrons. The van der Waals surface area contributed by atoms with E-state index in [4.69, 9.17) is 9.84 Å². The molecule has 0 bridgehead atoms. The molecule has 0 aliphatic carbocycles. The van der Waals surface area contributed by atoms with E-state index in [0.29, 0.717) is 0 Å². The Kier molecular flexibility index (Phi) is 6.44. The molecule has 2 aromatic rings. The van der Waals surface area contributed by atoms with Crippen LogP contribution in [0.1, 0.15) is 27.7 Å². The number of alkyl carbamates (subject to hydrolysis) is 1. The first-order valence-electron chi connectivity index (χ1n) is 7.48. The maximum absolute atomic E-state index is 11.6. The molecule has 25 heavy (non-hydrogen) atoms. The minimum absolute atomic E-state index is 0.0399. The zero-order valence-electron chi connectivity index (χ0n) is 13.2. The maximum atomic E-state index is 11.6. The number of hydrogen-bond donors (Lipinski definition) is 4. The van der Waals surface area contributed by atoms with Gasteiger partial charge >= 0.3 is 12.1 Å². The third-order valence-electron chi connectivity index (χ3n) is 3.39. The lowest BCUT2D eigenvalue weighted by molar-refractivity contribution is 0.0171. The van der Waals surface area contributed by atoms with E-state index in [1.807, 2.05) is 18.2 Å². The summed E-state index contributed by atoms with van der Waals surface area (Å²) in [5.41, 5.74) is 0.405. The van der Waals surface area contributed by atoms with Crippen molar-refractivity contribution >= 4 is 12.1 Å². The smallest absolute Gasteiger partial charge is 0.407 e. The summed E-state index contributed by atoms with van der Waals surface area (Å²) in [6.45, 7) is -0.250. The zero-order chi connectivity index (χ0) is 18.2. The number of nitrogens with one attached hydrogen (secondary N) is 1. The molecule has 2 rings (SSSR count). The topological polar surface area (TPSA) is 129 Å². The number of carbonyl (C=O) groups excluding carboxylic acids is 1. The van der Waals surface area contributed by atoms with Gasteiger partial charge in [-0.25, -0.2) is 14.6 Å². The van der Waals surface area contributed by atoms with Crippen molar-refractivity contribution in [3.05, 3.63) is 65.5 Å². The number of aromatic nitrogens is 1. The van der Waals surface area contributed by atoms with Gasteiger partial charge in [0.2, 0.25) is 0 Å². The van der Waals surface area contributed by atoms with Gasteiger partial charge in [0, 0.05) is 18.3 Å². The van der Waals surface area contributed by atoms with E-state index >= 15 is 0 Å². The van der Waals surface area contributed by atoms with E-state index in [9.17, 15) is 19.8 Å². The molecular formula is C17H18N2O6.